The first-order valence-corrected chi connectivity index (χ1v) is 12.6. The number of pyridine rings is 1. The Bertz CT molecular complexity index is 1610. The number of aromatic nitrogens is 5. The summed E-state index contributed by atoms with van der Waals surface area (Å²) >= 11 is 6.52. The van der Waals surface area contributed by atoms with Gasteiger partial charge in [-0.3, -0.25) is 19.0 Å². The predicted molar refractivity (Wildman–Crippen MR) is 135 cm³/mol. The number of nitrogens with two attached hydrogens (primary N) is 1. The highest BCUT2D eigenvalue weighted by atomic mass is 35.5. The van der Waals surface area contributed by atoms with Crippen molar-refractivity contribution in [3.63, 3.8) is 0 Å². The van der Waals surface area contributed by atoms with E-state index < -0.39 is 46.9 Å². The van der Waals surface area contributed by atoms with Crippen LogP contribution in [0.15, 0.2) is 12.3 Å². The number of primary amides is 1. The minimum absolute atomic E-state index is 0.000809. The third kappa shape index (κ3) is 5.07. The van der Waals surface area contributed by atoms with Crippen LogP contribution in [0.4, 0.5) is 27.6 Å². The first-order valence-electron chi connectivity index (χ1n) is 11.4. The molecule has 1 atom stereocenters. The molecule has 0 saturated heterocycles. The minimum atomic E-state index is -4.85. The van der Waals surface area contributed by atoms with Crippen molar-refractivity contribution < 1.29 is 31.5 Å². The van der Waals surface area contributed by atoms with Gasteiger partial charge in [-0.2, -0.15) is 23.4 Å². The lowest BCUT2D eigenvalue weighted by Gasteiger charge is -2.16. The van der Waals surface area contributed by atoms with Crippen molar-refractivity contribution in [2.24, 2.45) is 5.73 Å². The van der Waals surface area contributed by atoms with Crippen LogP contribution in [0.2, 0.25) is 5.02 Å². The second kappa shape index (κ2) is 10.2. The van der Waals surface area contributed by atoms with Crippen LogP contribution in [-0.4, -0.2) is 36.4 Å². The van der Waals surface area contributed by atoms with Gasteiger partial charge in [0.15, 0.2) is 5.69 Å². The zero-order valence-electron chi connectivity index (χ0n) is 20.8. The predicted octanol–water partition coefficient (Wildman–Crippen LogP) is 5.90. The first kappa shape index (κ1) is 28.4. The van der Waals surface area contributed by atoms with Crippen molar-refractivity contribution in [3.05, 3.63) is 44.9 Å². The summed E-state index contributed by atoms with van der Waals surface area (Å²) in [5, 5.41) is 9.86. The number of nitrogens with zero attached hydrogens (tertiary/aromatic N) is 5. The molecule has 1 unspecified atom stereocenters. The molecule has 0 aliphatic heterocycles. The van der Waals surface area contributed by atoms with Gasteiger partial charge in [0, 0.05) is 23.7 Å². The molecule has 0 radical (unpaired) electrons. The van der Waals surface area contributed by atoms with Crippen molar-refractivity contribution >= 4 is 50.7 Å². The highest BCUT2D eigenvalue weighted by molar-refractivity contribution is 7.21. The molecule has 0 aliphatic carbocycles. The molecule has 4 heterocycles. The van der Waals surface area contributed by atoms with E-state index in [4.69, 9.17) is 17.3 Å². The molecule has 0 spiro atoms. The molecule has 0 bridgehead atoms. The number of hydrogen-bond donors (Lipinski definition) is 2. The van der Waals surface area contributed by atoms with Crippen molar-refractivity contribution in [2.45, 2.75) is 52.9 Å². The Kier molecular flexibility index (Phi) is 7.42. The second-order valence-electron chi connectivity index (χ2n) is 8.59. The zero-order chi connectivity index (χ0) is 29.0. The van der Waals surface area contributed by atoms with Gasteiger partial charge in [-0.05, 0) is 39.3 Å². The van der Waals surface area contributed by atoms with Gasteiger partial charge in [0.25, 0.3) is 12.3 Å². The van der Waals surface area contributed by atoms with E-state index in [1.807, 2.05) is 6.92 Å². The molecule has 0 aromatic carbocycles. The molecule has 9 nitrogen and oxygen atoms in total. The smallest absolute Gasteiger partial charge is 0.365 e. The molecule has 16 heteroatoms. The molecule has 0 aliphatic rings. The van der Waals surface area contributed by atoms with Crippen LogP contribution in [0.25, 0.3) is 21.3 Å². The highest BCUT2D eigenvalue weighted by Crippen LogP contribution is 2.43. The van der Waals surface area contributed by atoms with Gasteiger partial charge in [0.05, 0.1) is 22.1 Å². The molecular formula is C23H21ClF5N7O2S. The standard InChI is InChI=1S/C23H21ClF5N7O2S/c1-5-35-7-12(8(2)33-35)11-6-13(19(25)26)31-22-14(11)16(17(39-22)20(30)37)32-21(38)10(4)36-9(3)15(24)18(34-36)23(27,28)29/h6-7,10,19H,5H2,1-4H3,(H2,30,37)(H,32,38). The Morgan fingerprint density at radius 3 is 2.38 bits per heavy atom. The maximum Gasteiger partial charge on any atom is 0.436 e. The van der Waals surface area contributed by atoms with Gasteiger partial charge in [0.1, 0.15) is 21.4 Å². The highest BCUT2D eigenvalue weighted by Gasteiger charge is 2.39. The van der Waals surface area contributed by atoms with E-state index in [-0.39, 0.29) is 32.0 Å². The molecule has 4 aromatic heterocycles. The van der Waals surface area contributed by atoms with Crippen molar-refractivity contribution in [1.82, 2.24) is 24.5 Å². The van der Waals surface area contributed by atoms with Crippen LogP contribution in [-0.2, 0) is 17.5 Å². The number of rotatable bonds is 7. The monoisotopic (exact) mass is 589 g/mol. The Morgan fingerprint density at radius 2 is 1.87 bits per heavy atom. The maximum absolute atomic E-state index is 13.7. The van der Waals surface area contributed by atoms with Crippen molar-refractivity contribution in [1.29, 1.82) is 0 Å². The molecule has 39 heavy (non-hydrogen) atoms. The van der Waals surface area contributed by atoms with Gasteiger partial charge in [0.2, 0.25) is 5.91 Å². The minimum Gasteiger partial charge on any atom is -0.365 e. The summed E-state index contributed by atoms with van der Waals surface area (Å²) in [6.45, 7) is 6.54. The molecule has 4 rings (SSSR count). The van der Waals surface area contributed by atoms with Crippen molar-refractivity contribution in [2.75, 3.05) is 5.32 Å². The van der Waals surface area contributed by atoms with Crippen LogP contribution in [0.5, 0.6) is 0 Å². The third-order valence-electron chi connectivity index (χ3n) is 6.03. The summed E-state index contributed by atoms with van der Waals surface area (Å²) in [6, 6.07) is -0.184. The van der Waals surface area contributed by atoms with Gasteiger partial charge in [-0.25, -0.2) is 13.8 Å². The third-order valence-corrected chi connectivity index (χ3v) is 7.58. The topological polar surface area (TPSA) is 121 Å². The molecule has 0 fully saturated rings. The number of anilines is 1. The van der Waals surface area contributed by atoms with Crippen LogP contribution in [0.1, 0.15) is 58.8 Å². The summed E-state index contributed by atoms with van der Waals surface area (Å²) in [4.78, 5) is 29.4. The number of carbonyl (C=O) groups excluding carboxylic acids is 2. The first-order chi connectivity index (χ1) is 18.1. The summed E-state index contributed by atoms with van der Waals surface area (Å²) in [6.07, 6.45) is -6.17. The largest absolute Gasteiger partial charge is 0.436 e. The Hall–Kier alpha value is -3.59. The fourth-order valence-corrected chi connectivity index (χ4v) is 5.32. The van der Waals surface area contributed by atoms with E-state index in [9.17, 15) is 31.5 Å². The zero-order valence-corrected chi connectivity index (χ0v) is 22.4. The lowest BCUT2D eigenvalue weighted by Crippen LogP contribution is -2.26. The van der Waals surface area contributed by atoms with E-state index in [1.54, 1.807) is 17.8 Å². The van der Waals surface area contributed by atoms with Crippen LogP contribution >= 0.6 is 22.9 Å². The van der Waals surface area contributed by atoms with E-state index in [0.717, 1.165) is 10.7 Å². The summed E-state index contributed by atoms with van der Waals surface area (Å²) < 4.78 is 69.8. The molecular weight excluding hydrogens is 569 g/mol. The van der Waals surface area contributed by atoms with Crippen molar-refractivity contribution in [3.8, 4) is 11.1 Å². The molecule has 2 amide bonds. The van der Waals surface area contributed by atoms with E-state index in [2.05, 4.69) is 20.5 Å². The number of amides is 2. The number of carbonyl (C=O) groups is 2. The number of thiophene rings is 1. The molecule has 208 valence electrons. The summed E-state index contributed by atoms with van der Waals surface area (Å²) in [7, 11) is 0. The normalized spacial score (nSPS) is 12.9. The summed E-state index contributed by atoms with van der Waals surface area (Å²) in [5.41, 5.74) is 4.57. The van der Waals surface area contributed by atoms with Gasteiger partial charge in [-0.15, -0.1) is 11.3 Å². The number of fused-ring (bicyclic) bond motifs is 1. The van der Waals surface area contributed by atoms with Crippen LogP contribution in [0, 0.1) is 13.8 Å². The number of hydrogen-bond acceptors (Lipinski definition) is 6. The van der Waals surface area contributed by atoms with Crippen LogP contribution < -0.4 is 11.1 Å². The van der Waals surface area contributed by atoms with Crippen LogP contribution in [0.3, 0.4) is 0 Å². The second-order valence-corrected chi connectivity index (χ2v) is 9.96. The lowest BCUT2D eigenvalue weighted by atomic mass is 10.0. The fraction of sp³-hybridized carbons (Fsp3) is 0.348. The van der Waals surface area contributed by atoms with E-state index >= 15 is 0 Å². The Morgan fingerprint density at radius 1 is 1.21 bits per heavy atom. The quantitative estimate of drug-likeness (QED) is 0.260. The van der Waals surface area contributed by atoms with E-state index in [1.165, 1.54) is 13.8 Å². The molecule has 3 N–H and O–H groups in total. The SMILES string of the molecule is CCn1cc(-c2cc(C(F)F)nc3sc(C(N)=O)c(NC(=O)C(C)n4nc(C(F)(F)F)c(Cl)c4C)c23)c(C)n1. The number of nitrogens with one attached hydrogen (secondary N) is 1. The maximum atomic E-state index is 13.7. The number of aryl methyl sites for hydroxylation is 2. The fourth-order valence-electron chi connectivity index (χ4n) is 4.07. The number of alkyl halides is 5. The van der Waals surface area contributed by atoms with Gasteiger partial charge >= 0.3 is 6.18 Å². The van der Waals surface area contributed by atoms with E-state index in [0.29, 0.717) is 29.1 Å². The number of halogens is 6. The summed E-state index contributed by atoms with van der Waals surface area (Å²) in [5.74, 6) is -1.83. The molecule has 4 aromatic rings. The Balaban J connectivity index is 1.89. The Labute approximate surface area is 226 Å². The van der Waals surface area contributed by atoms with Gasteiger partial charge in [-0.1, -0.05) is 11.6 Å². The average Bonchev–Trinajstić information content (AvgIpc) is 3.51. The van der Waals surface area contributed by atoms with Gasteiger partial charge < -0.3 is 11.1 Å². The average molecular weight is 590 g/mol. The molecule has 0 saturated carbocycles. The lowest BCUT2D eigenvalue weighted by molar-refractivity contribution is -0.141.